The normalized spacial score (nSPS) is 18.7. The lowest BCUT2D eigenvalue weighted by Gasteiger charge is -2.37. The summed E-state index contributed by atoms with van der Waals surface area (Å²) in [5.74, 6) is 1.10. The molecule has 1 aromatic carbocycles. The van der Waals surface area contributed by atoms with E-state index >= 15 is 0 Å². The van der Waals surface area contributed by atoms with E-state index in [0.29, 0.717) is 32.6 Å². The molecule has 2 amide bonds. The highest BCUT2D eigenvalue weighted by atomic mass is 16.5. The van der Waals surface area contributed by atoms with Crippen molar-refractivity contribution in [2.45, 2.75) is 6.42 Å². The lowest BCUT2D eigenvalue weighted by Crippen LogP contribution is -2.50. The van der Waals surface area contributed by atoms with E-state index in [-0.39, 0.29) is 5.91 Å². The van der Waals surface area contributed by atoms with Gasteiger partial charge in [0, 0.05) is 65.3 Å². The minimum absolute atomic E-state index is 0.197. The average molecular weight is 360 g/mol. The van der Waals surface area contributed by atoms with Gasteiger partial charge in [-0.25, -0.2) is 0 Å². The number of benzene rings is 1. The summed E-state index contributed by atoms with van der Waals surface area (Å²) in [6.07, 6.45) is 1.42. The van der Waals surface area contributed by atoms with E-state index in [1.54, 1.807) is 12.0 Å². The molecule has 2 fully saturated rings. The minimum Gasteiger partial charge on any atom is -0.495 e. The van der Waals surface area contributed by atoms with E-state index in [1.165, 1.54) is 0 Å². The van der Waals surface area contributed by atoms with Gasteiger partial charge in [0.2, 0.25) is 12.3 Å². The summed E-state index contributed by atoms with van der Waals surface area (Å²) >= 11 is 0. The zero-order chi connectivity index (χ0) is 18.4. The quantitative estimate of drug-likeness (QED) is 0.692. The van der Waals surface area contributed by atoms with Gasteiger partial charge in [0.15, 0.2) is 0 Å². The SMILES string of the molecule is COc1ccccc1N1CCN(CCC(=O)N2CCN(C=O)CC2)CC1. The van der Waals surface area contributed by atoms with Gasteiger partial charge in [-0.1, -0.05) is 12.1 Å². The van der Waals surface area contributed by atoms with Gasteiger partial charge in [0.05, 0.1) is 12.8 Å². The Morgan fingerprint density at radius 3 is 2.38 bits per heavy atom. The maximum absolute atomic E-state index is 12.4. The third-order valence-corrected chi connectivity index (χ3v) is 5.26. The number of ether oxygens (including phenoxy) is 1. The fraction of sp³-hybridized carbons (Fsp3) is 0.579. The van der Waals surface area contributed by atoms with Crippen molar-refractivity contribution in [3.63, 3.8) is 0 Å². The Balaban J connectivity index is 1.41. The molecule has 0 saturated carbocycles. The molecule has 0 N–H and O–H groups in total. The summed E-state index contributed by atoms with van der Waals surface area (Å²) in [7, 11) is 1.70. The summed E-state index contributed by atoms with van der Waals surface area (Å²) in [5, 5.41) is 0. The van der Waals surface area contributed by atoms with Crippen LogP contribution in [0.3, 0.4) is 0 Å². The molecule has 2 aliphatic heterocycles. The Kier molecular flexibility index (Phi) is 6.33. The van der Waals surface area contributed by atoms with Crippen molar-refractivity contribution in [3.05, 3.63) is 24.3 Å². The number of methoxy groups -OCH3 is 1. The molecule has 0 radical (unpaired) electrons. The second-order valence-corrected chi connectivity index (χ2v) is 6.77. The molecule has 2 saturated heterocycles. The number of nitrogens with zero attached hydrogens (tertiary/aromatic N) is 4. The Morgan fingerprint density at radius 1 is 1.04 bits per heavy atom. The molecule has 3 rings (SSSR count). The summed E-state index contributed by atoms with van der Waals surface area (Å²) in [5.41, 5.74) is 1.14. The van der Waals surface area contributed by atoms with Crippen LogP contribution in [0.15, 0.2) is 24.3 Å². The van der Waals surface area contributed by atoms with E-state index in [0.717, 1.165) is 50.6 Å². The molecule has 0 atom stereocenters. The Hall–Kier alpha value is -2.28. The lowest BCUT2D eigenvalue weighted by atomic mass is 10.2. The molecule has 2 heterocycles. The van der Waals surface area contributed by atoms with Gasteiger partial charge in [-0.2, -0.15) is 0 Å². The van der Waals surface area contributed by atoms with E-state index < -0.39 is 0 Å². The van der Waals surface area contributed by atoms with Crippen LogP contribution >= 0.6 is 0 Å². The predicted octanol–water partition coefficient (Wildman–Crippen LogP) is 0.508. The number of hydrogen-bond donors (Lipinski definition) is 0. The van der Waals surface area contributed by atoms with Crippen molar-refractivity contribution in [1.29, 1.82) is 0 Å². The molecule has 7 nitrogen and oxygen atoms in total. The van der Waals surface area contributed by atoms with Crippen molar-refractivity contribution < 1.29 is 14.3 Å². The summed E-state index contributed by atoms with van der Waals surface area (Å²) in [6.45, 7) is 7.16. The molecule has 0 aromatic heterocycles. The molecular formula is C19H28N4O3. The highest BCUT2D eigenvalue weighted by Crippen LogP contribution is 2.28. The highest BCUT2D eigenvalue weighted by Gasteiger charge is 2.23. The first-order valence-corrected chi connectivity index (χ1v) is 9.28. The van der Waals surface area contributed by atoms with Gasteiger partial charge >= 0.3 is 0 Å². The van der Waals surface area contributed by atoms with Crippen molar-refractivity contribution in [1.82, 2.24) is 14.7 Å². The number of rotatable bonds is 6. The zero-order valence-electron chi connectivity index (χ0n) is 15.5. The molecule has 0 bridgehead atoms. The lowest BCUT2D eigenvalue weighted by molar-refractivity contribution is -0.135. The van der Waals surface area contributed by atoms with Crippen LogP contribution in [0.1, 0.15) is 6.42 Å². The van der Waals surface area contributed by atoms with Crippen LogP contribution in [-0.2, 0) is 9.59 Å². The third kappa shape index (κ3) is 4.46. The van der Waals surface area contributed by atoms with E-state index in [4.69, 9.17) is 4.74 Å². The molecule has 0 spiro atoms. The van der Waals surface area contributed by atoms with Crippen LogP contribution < -0.4 is 9.64 Å². The van der Waals surface area contributed by atoms with Crippen LogP contribution in [0.5, 0.6) is 5.75 Å². The van der Waals surface area contributed by atoms with Gasteiger partial charge in [-0.15, -0.1) is 0 Å². The van der Waals surface area contributed by atoms with Crippen LogP contribution in [0.2, 0.25) is 0 Å². The molecule has 2 aliphatic rings. The number of hydrogen-bond acceptors (Lipinski definition) is 5. The van der Waals surface area contributed by atoms with Crippen LogP contribution in [0.25, 0.3) is 0 Å². The van der Waals surface area contributed by atoms with Crippen molar-refractivity contribution >= 4 is 18.0 Å². The number of amides is 2. The van der Waals surface area contributed by atoms with Crippen LogP contribution in [0.4, 0.5) is 5.69 Å². The van der Waals surface area contributed by atoms with Gasteiger partial charge in [0.25, 0.3) is 0 Å². The topological polar surface area (TPSA) is 56.3 Å². The number of carbonyl (C=O) groups is 2. The summed E-state index contributed by atoms with van der Waals surface area (Å²) in [6, 6.07) is 8.11. The van der Waals surface area contributed by atoms with E-state index in [2.05, 4.69) is 15.9 Å². The average Bonchev–Trinajstić information content (AvgIpc) is 2.72. The third-order valence-electron chi connectivity index (χ3n) is 5.26. The van der Waals surface area contributed by atoms with Crippen molar-refractivity contribution in [3.8, 4) is 5.75 Å². The van der Waals surface area contributed by atoms with Gasteiger partial charge in [-0.3, -0.25) is 14.5 Å². The van der Waals surface area contributed by atoms with Crippen LogP contribution in [0, 0.1) is 0 Å². The number of anilines is 1. The van der Waals surface area contributed by atoms with Crippen molar-refractivity contribution in [2.24, 2.45) is 0 Å². The van der Waals surface area contributed by atoms with Crippen molar-refractivity contribution in [2.75, 3.05) is 70.9 Å². The molecule has 1 aromatic rings. The predicted molar refractivity (Wildman–Crippen MR) is 100 cm³/mol. The summed E-state index contributed by atoms with van der Waals surface area (Å²) < 4.78 is 5.46. The molecule has 26 heavy (non-hydrogen) atoms. The highest BCUT2D eigenvalue weighted by molar-refractivity contribution is 5.76. The summed E-state index contributed by atoms with van der Waals surface area (Å²) in [4.78, 5) is 31.4. The molecule has 142 valence electrons. The van der Waals surface area contributed by atoms with E-state index in [1.807, 2.05) is 23.1 Å². The fourth-order valence-electron chi connectivity index (χ4n) is 3.59. The second-order valence-electron chi connectivity index (χ2n) is 6.77. The maximum atomic E-state index is 12.4. The Bertz CT molecular complexity index is 609. The number of carbonyl (C=O) groups excluding carboxylic acids is 2. The Labute approximate surface area is 155 Å². The standard InChI is InChI=1S/C19H28N4O3/c1-26-18-5-3-2-4-17(18)22-12-8-20(9-13-22)7-6-19(25)23-14-10-21(16-24)11-15-23/h2-5,16H,6-15H2,1H3. The van der Waals surface area contributed by atoms with E-state index in [9.17, 15) is 9.59 Å². The minimum atomic E-state index is 0.197. The molecule has 0 unspecified atom stereocenters. The first-order valence-electron chi connectivity index (χ1n) is 9.28. The monoisotopic (exact) mass is 360 g/mol. The Morgan fingerprint density at radius 2 is 1.73 bits per heavy atom. The fourth-order valence-corrected chi connectivity index (χ4v) is 3.59. The van der Waals surface area contributed by atoms with Gasteiger partial charge < -0.3 is 19.4 Å². The van der Waals surface area contributed by atoms with Crippen LogP contribution in [-0.4, -0.2) is 93.0 Å². The van der Waals surface area contributed by atoms with Gasteiger partial charge in [-0.05, 0) is 12.1 Å². The largest absolute Gasteiger partial charge is 0.495 e. The van der Waals surface area contributed by atoms with Gasteiger partial charge in [0.1, 0.15) is 5.75 Å². The second kappa shape index (κ2) is 8.89. The smallest absolute Gasteiger partial charge is 0.223 e. The molecule has 0 aliphatic carbocycles. The first kappa shape index (κ1) is 18.5. The maximum Gasteiger partial charge on any atom is 0.223 e. The number of para-hydroxylation sites is 2. The number of piperazine rings is 2. The first-order chi connectivity index (χ1) is 12.7. The zero-order valence-corrected chi connectivity index (χ0v) is 15.5. The molecule has 7 heteroatoms. The molecular weight excluding hydrogens is 332 g/mol.